The predicted molar refractivity (Wildman–Crippen MR) is 57.8 cm³/mol. The van der Waals surface area contributed by atoms with Gasteiger partial charge in [0.05, 0.1) is 0 Å². The van der Waals surface area contributed by atoms with Crippen molar-refractivity contribution < 1.29 is 8.78 Å². The highest BCUT2D eigenvalue weighted by atomic mass is 19.1. The van der Waals surface area contributed by atoms with E-state index in [0.29, 0.717) is 11.1 Å². The zero-order valence-corrected chi connectivity index (χ0v) is 9.35. The second kappa shape index (κ2) is 4.27. The van der Waals surface area contributed by atoms with E-state index in [1.165, 1.54) is 18.2 Å². The van der Waals surface area contributed by atoms with E-state index in [9.17, 15) is 8.78 Å². The maximum atomic E-state index is 14.4. The minimum Gasteiger partial charge on any atom is -0.327 e. The van der Waals surface area contributed by atoms with Gasteiger partial charge >= 0.3 is 0 Å². The summed E-state index contributed by atoms with van der Waals surface area (Å²) < 4.78 is 27.5. The Kier molecular flexibility index (Phi) is 3.45. The fourth-order valence-corrected chi connectivity index (χ4v) is 1.59. The Hall–Kier alpha value is -0.960. The molecular formula is C12H17F2N. The van der Waals surface area contributed by atoms with Gasteiger partial charge in [0.1, 0.15) is 11.5 Å². The molecule has 1 aromatic rings. The largest absolute Gasteiger partial charge is 0.327 e. The van der Waals surface area contributed by atoms with Crippen LogP contribution in [-0.2, 0) is 5.67 Å². The summed E-state index contributed by atoms with van der Waals surface area (Å²) in [6, 6.07) is 4.29. The molecule has 84 valence electrons. The standard InChI is InChI=1S/C12H17F2N/c1-8(2)12(14,7-15)10-4-5-11(13)9(3)6-10/h4-6,8H,7,15H2,1-3H3. The first-order chi connectivity index (χ1) is 6.91. The van der Waals surface area contributed by atoms with Crippen LogP contribution in [0.4, 0.5) is 8.78 Å². The van der Waals surface area contributed by atoms with Crippen molar-refractivity contribution in [1.82, 2.24) is 0 Å². The first-order valence-electron chi connectivity index (χ1n) is 5.07. The van der Waals surface area contributed by atoms with Gasteiger partial charge in [-0.25, -0.2) is 8.78 Å². The molecule has 1 aromatic carbocycles. The smallest absolute Gasteiger partial charge is 0.150 e. The van der Waals surface area contributed by atoms with Gasteiger partial charge in [-0.2, -0.15) is 0 Å². The molecule has 0 spiro atoms. The lowest BCUT2D eigenvalue weighted by Crippen LogP contribution is -2.35. The molecule has 1 unspecified atom stereocenters. The van der Waals surface area contributed by atoms with Gasteiger partial charge in [-0.1, -0.05) is 19.9 Å². The van der Waals surface area contributed by atoms with Crippen LogP contribution in [0.3, 0.4) is 0 Å². The highest BCUT2D eigenvalue weighted by Gasteiger charge is 2.34. The Morgan fingerprint density at radius 3 is 2.40 bits per heavy atom. The van der Waals surface area contributed by atoms with E-state index in [2.05, 4.69) is 0 Å². The Morgan fingerprint density at radius 1 is 1.40 bits per heavy atom. The number of nitrogens with two attached hydrogens (primary N) is 1. The molecule has 0 amide bonds. The number of rotatable bonds is 3. The molecule has 3 heteroatoms. The number of halogens is 2. The van der Waals surface area contributed by atoms with Gasteiger partial charge in [-0.15, -0.1) is 0 Å². The molecule has 0 aromatic heterocycles. The summed E-state index contributed by atoms with van der Waals surface area (Å²) in [5.74, 6) is -0.547. The Bertz CT molecular complexity index is 349. The fraction of sp³-hybridized carbons (Fsp3) is 0.500. The molecule has 0 saturated carbocycles. The molecule has 2 N–H and O–H groups in total. The molecule has 1 rings (SSSR count). The number of aryl methyl sites for hydroxylation is 1. The van der Waals surface area contributed by atoms with Gasteiger partial charge in [-0.3, -0.25) is 0 Å². The molecule has 0 heterocycles. The topological polar surface area (TPSA) is 26.0 Å². The van der Waals surface area contributed by atoms with Gasteiger partial charge in [0.2, 0.25) is 0 Å². The number of benzene rings is 1. The van der Waals surface area contributed by atoms with Gasteiger partial charge in [0.25, 0.3) is 0 Å². The zero-order chi connectivity index (χ0) is 11.6. The number of hydrogen-bond donors (Lipinski definition) is 1. The maximum absolute atomic E-state index is 14.4. The van der Waals surface area contributed by atoms with Gasteiger partial charge in [0, 0.05) is 6.54 Å². The van der Waals surface area contributed by atoms with E-state index in [1.54, 1.807) is 20.8 Å². The number of hydrogen-bond acceptors (Lipinski definition) is 1. The van der Waals surface area contributed by atoms with Crippen molar-refractivity contribution in [2.75, 3.05) is 6.54 Å². The normalized spacial score (nSPS) is 15.4. The summed E-state index contributed by atoms with van der Waals surface area (Å²) in [5, 5.41) is 0. The van der Waals surface area contributed by atoms with Crippen molar-refractivity contribution in [3.8, 4) is 0 Å². The first-order valence-corrected chi connectivity index (χ1v) is 5.07. The molecule has 0 aliphatic heterocycles. The molecule has 0 radical (unpaired) electrons. The zero-order valence-electron chi connectivity index (χ0n) is 9.35. The van der Waals surface area contributed by atoms with Crippen molar-refractivity contribution in [3.63, 3.8) is 0 Å². The molecule has 0 aliphatic rings. The van der Waals surface area contributed by atoms with Crippen molar-refractivity contribution >= 4 is 0 Å². The Morgan fingerprint density at radius 2 is 2.00 bits per heavy atom. The van der Waals surface area contributed by atoms with Crippen molar-refractivity contribution in [3.05, 3.63) is 35.1 Å². The van der Waals surface area contributed by atoms with Crippen LogP contribution >= 0.6 is 0 Å². The summed E-state index contributed by atoms with van der Waals surface area (Å²) in [7, 11) is 0. The molecular weight excluding hydrogens is 196 g/mol. The quantitative estimate of drug-likeness (QED) is 0.820. The predicted octanol–water partition coefficient (Wildman–Crippen LogP) is 2.91. The van der Waals surface area contributed by atoms with Crippen molar-refractivity contribution in [2.45, 2.75) is 26.4 Å². The van der Waals surface area contributed by atoms with E-state index in [0.717, 1.165) is 0 Å². The number of alkyl halides is 1. The minimum atomic E-state index is -1.57. The van der Waals surface area contributed by atoms with E-state index >= 15 is 0 Å². The fourth-order valence-electron chi connectivity index (χ4n) is 1.59. The second-order valence-corrected chi connectivity index (χ2v) is 4.19. The highest BCUT2D eigenvalue weighted by molar-refractivity contribution is 5.29. The lowest BCUT2D eigenvalue weighted by molar-refractivity contribution is 0.109. The third kappa shape index (κ3) is 2.17. The lowest BCUT2D eigenvalue weighted by Gasteiger charge is -2.28. The summed E-state index contributed by atoms with van der Waals surface area (Å²) in [5.41, 5.74) is 4.79. The minimum absolute atomic E-state index is 0.0876. The van der Waals surface area contributed by atoms with E-state index < -0.39 is 5.67 Å². The molecule has 0 fully saturated rings. The maximum Gasteiger partial charge on any atom is 0.150 e. The van der Waals surface area contributed by atoms with Crippen molar-refractivity contribution in [1.29, 1.82) is 0 Å². The highest BCUT2D eigenvalue weighted by Crippen LogP contribution is 2.33. The van der Waals surface area contributed by atoms with E-state index in [4.69, 9.17) is 5.73 Å². The second-order valence-electron chi connectivity index (χ2n) is 4.19. The Balaban J connectivity index is 3.19. The summed E-state index contributed by atoms with van der Waals surface area (Å²) in [6.45, 7) is 5.07. The first kappa shape index (κ1) is 12.1. The van der Waals surface area contributed by atoms with Crippen LogP contribution < -0.4 is 5.73 Å². The molecule has 1 nitrogen and oxygen atoms in total. The van der Waals surface area contributed by atoms with Crippen LogP contribution in [0.15, 0.2) is 18.2 Å². The summed E-state index contributed by atoms with van der Waals surface area (Å²) in [6.07, 6.45) is 0. The van der Waals surface area contributed by atoms with Crippen molar-refractivity contribution in [2.24, 2.45) is 11.7 Å². The summed E-state index contributed by atoms with van der Waals surface area (Å²) in [4.78, 5) is 0. The van der Waals surface area contributed by atoms with E-state index in [-0.39, 0.29) is 18.3 Å². The molecule has 0 bridgehead atoms. The monoisotopic (exact) mass is 213 g/mol. The van der Waals surface area contributed by atoms with Crippen LogP contribution in [-0.4, -0.2) is 6.54 Å². The third-order valence-electron chi connectivity index (χ3n) is 2.85. The molecule has 1 atom stereocenters. The van der Waals surface area contributed by atoms with Crippen LogP contribution in [0, 0.1) is 18.7 Å². The van der Waals surface area contributed by atoms with Crippen LogP contribution in [0.2, 0.25) is 0 Å². The Labute approximate surface area is 89.3 Å². The molecule has 15 heavy (non-hydrogen) atoms. The van der Waals surface area contributed by atoms with Crippen LogP contribution in [0.1, 0.15) is 25.0 Å². The molecule has 0 saturated heterocycles. The van der Waals surface area contributed by atoms with Gasteiger partial charge < -0.3 is 5.73 Å². The average Bonchev–Trinajstić information content (AvgIpc) is 2.20. The van der Waals surface area contributed by atoms with E-state index in [1.807, 2.05) is 0 Å². The lowest BCUT2D eigenvalue weighted by atomic mass is 9.84. The molecule has 0 aliphatic carbocycles. The average molecular weight is 213 g/mol. The van der Waals surface area contributed by atoms with Gasteiger partial charge in [-0.05, 0) is 36.1 Å². The van der Waals surface area contributed by atoms with Crippen LogP contribution in [0.5, 0.6) is 0 Å². The summed E-state index contributed by atoms with van der Waals surface area (Å²) >= 11 is 0. The van der Waals surface area contributed by atoms with Gasteiger partial charge in [0.15, 0.2) is 0 Å². The van der Waals surface area contributed by atoms with Crippen LogP contribution in [0.25, 0.3) is 0 Å². The third-order valence-corrected chi connectivity index (χ3v) is 2.85. The SMILES string of the molecule is Cc1cc(C(F)(CN)C(C)C)ccc1F.